The molecule has 27 heavy (non-hydrogen) atoms. The van der Waals surface area contributed by atoms with Gasteiger partial charge in [0.25, 0.3) is 5.91 Å². The molecule has 9 heteroatoms. The summed E-state index contributed by atoms with van der Waals surface area (Å²) >= 11 is 1.94. The van der Waals surface area contributed by atoms with E-state index in [1.54, 1.807) is 13.1 Å². The Morgan fingerprint density at radius 3 is 2.30 bits per heavy atom. The van der Waals surface area contributed by atoms with E-state index < -0.39 is 23.4 Å². The first kappa shape index (κ1) is 23.5. The van der Waals surface area contributed by atoms with Crippen LogP contribution in [0.4, 0.5) is 24.5 Å². The summed E-state index contributed by atoms with van der Waals surface area (Å²) in [5.74, 6) is -3.46. The van der Waals surface area contributed by atoms with Gasteiger partial charge in [0.05, 0.1) is 16.9 Å². The van der Waals surface area contributed by atoms with Crippen LogP contribution in [0.1, 0.15) is 10.4 Å². The summed E-state index contributed by atoms with van der Waals surface area (Å²) in [5, 5.41) is 2.53. The molecule has 0 fully saturated rings. The van der Waals surface area contributed by atoms with Gasteiger partial charge < -0.3 is 15.1 Å². The number of hydrogen-bond acceptors (Lipinski definition) is 3. The highest BCUT2D eigenvalue weighted by Crippen LogP contribution is 2.29. The zero-order chi connectivity index (χ0) is 19.4. The van der Waals surface area contributed by atoms with Crippen molar-refractivity contribution in [3.05, 3.63) is 56.9 Å². The number of carbonyl (C=O) groups is 1. The number of carbonyl (C=O) groups excluding carboxylic acids is 1. The van der Waals surface area contributed by atoms with E-state index in [-0.39, 0.29) is 29.3 Å². The van der Waals surface area contributed by atoms with E-state index in [9.17, 15) is 18.0 Å². The molecule has 0 spiro atoms. The van der Waals surface area contributed by atoms with Crippen molar-refractivity contribution in [3.63, 3.8) is 0 Å². The number of hydrogen-bond donors (Lipinski definition) is 1. The van der Waals surface area contributed by atoms with Crippen LogP contribution in [0.15, 0.2) is 30.3 Å². The molecule has 1 amide bonds. The van der Waals surface area contributed by atoms with Crippen LogP contribution in [-0.4, -0.2) is 49.9 Å². The number of nitrogens with one attached hydrogen (secondary N) is 1. The maximum atomic E-state index is 14.4. The maximum absolute atomic E-state index is 14.4. The Bertz CT molecular complexity index is 821. The fourth-order valence-corrected chi connectivity index (χ4v) is 2.69. The SMILES string of the molecule is CN(C)CCN(C)C(=O)c1ccc(F)c(F)c1Nc1ccc(I)cc1F.Cl. The zero-order valence-corrected chi connectivity index (χ0v) is 18.0. The summed E-state index contributed by atoms with van der Waals surface area (Å²) in [7, 11) is 5.30. The number of halogens is 5. The van der Waals surface area contributed by atoms with E-state index in [0.29, 0.717) is 16.7 Å². The molecule has 0 aliphatic rings. The van der Waals surface area contributed by atoms with Crippen LogP contribution < -0.4 is 5.32 Å². The minimum Gasteiger partial charge on any atom is -0.350 e. The van der Waals surface area contributed by atoms with Crippen LogP contribution in [-0.2, 0) is 0 Å². The van der Waals surface area contributed by atoms with Crippen LogP contribution in [0.5, 0.6) is 0 Å². The molecule has 4 nitrogen and oxygen atoms in total. The van der Waals surface area contributed by atoms with Crippen molar-refractivity contribution in [2.75, 3.05) is 39.5 Å². The Morgan fingerprint density at radius 2 is 1.70 bits per heavy atom. The molecule has 0 radical (unpaired) electrons. The van der Waals surface area contributed by atoms with Crippen molar-refractivity contribution in [1.82, 2.24) is 9.80 Å². The van der Waals surface area contributed by atoms with E-state index in [4.69, 9.17) is 0 Å². The molecule has 0 heterocycles. The summed E-state index contributed by atoms with van der Waals surface area (Å²) in [4.78, 5) is 16.0. The lowest BCUT2D eigenvalue weighted by atomic mass is 10.1. The molecule has 0 atom stereocenters. The summed E-state index contributed by atoms with van der Waals surface area (Å²) < 4.78 is 42.8. The summed E-state index contributed by atoms with van der Waals surface area (Å²) in [6.07, 6.45) is 0. The van der Waals surface area contributed by atoms with Gasteiger partial charge in [-0.3, -0.25) is 4.79 Å². The molecule has 0 aromatic heterocycles. The molecule has 0 aliphatic heterocycles. The van der Waals surface area contributed by atoms with E-state index >= 15 is 0 Å². The van der Waals surface area contributed by atoms with E-state index in [1.165, 1.54) is 23.1 Å². The molecule has 1 N–H and O–H groups in total. The molecule has 2 rings (SSSR count). The van der Waals surface area contributed by atoms with E-state index in [1.807, 2.05) is 41.6 Å². The van der Waals surface area contributed by atoms with Crippen molar-refractivity contribution in [3.8, 4) is 0 Å². The molecule has 148 valence electrons. The summed E-state index contributed by atoms with van der Waals surface area (Å²) in [6.45, 7) is 1.02. The average Bonchev–Trinajstić information content (AvgIpc) is 2.58. The first-order chi connectivity index (χ1) is 12.2. The van der Waals surface area contributed by atoms with Crippen LogP contribution in [0, 0.1) is 21.0 Å². The second-order valence-electron chi connectivity index (χ2n) is 6.06. The predicted octanol–water partition coefficient (Wildman–Crippen LogP) is 4.51. The molecule has 0 aliphatic carbocycles. The maximum Gasteiger partial charge on any atom is 0.255 e. The van der Waals surface area contributed by atoms with Gasteiger partial charge in [0.2, 0.25) is 0 Å². The van der Waals surface area contributed by atoms with Gasteiger partial charge in [0.1, 0.15) is 5.82 Å². The lowest BCUT2D eigenvalue weighted by molar-refractivity contribution is 0.0787. The quantitative estimate of drug-likeness (QED) is 0.578. The fourth-order valence-electron chi connectivity index (χ4n) is 2.23. The van der Waals surface area contributed by atoms with Crippen LogP contribution >= 0.6 is 35.0 Å². The van der Waals surface area contributed by atoms with Gasteiger partial charge >= 0.3 is 0 Å². The van der Waals surface area contributed by atoms with Crippen molar-refractivity contribution in [1.29, 1.82) is 0 Å². The highest BCUT2D eigenvalue weighted by atomic mass is 127. The standard InChI is InChI=1S/C18H19F3IN3O.ClH/c1-24(2)8-9-25(3)18(26)12-5-6-13(19)16(21)17(12)23-15-7-4-11(22)10-14(15)20;/h4-7,10,23H,8-9H2,1-3H3;1H. The third-order valence-electron chi connectivity index (χ3n) is 3.75. The normalized spacial score (nSPS) is 10.5. The van der Waals surface area contributed by atoms with Gasteiger partial charge in [0.15, 0.2) is 11.6 Å². The Morgan fingerprint density at radius 1 is 1.04 bits per heavy atom. The number of anilines is 2. The molecular formula is C18H20ClF3IN3O. The Kier molecular flexibility index (Phi) is 8.83. The number of amides is 1. The Labute approximate surface area is 176 Å². The number of rotatable bonds is 6. The van der Waals surface area contributed by atoms with Crippen LogP contribution in [0.2, 0.25) is 0 Å². The molecule has 0 saturated carbocycles. The summed E-state index contributed by atoms with van der Waals surface area (Å²) in [6, 6.07) is 6.36. The van der Waals surface area contributed by atoms with Crippen molar-refractivity contribution in [2.45, 2.75) is 0 Å². The monoisotopic (exact) mass is 513 g/mol. The average molecular weight is 514 g/mol. The number of benzene rings is 2. The van der Waals surface area contributed by atoms with Gasteiger partial charge in [-0.2, -0.15) is 0 Å². The molecule has 0 bridgehead atoms. The van der Waals surface area contributed by atoms with Gasteiger partial charge in [-0.15, -0.1) is 12.4 Å². The second-order valence-corrected chi connectivity index (χ2v) is 7.31. The van der Waals surface area contributed by atoms with Crippen molar-refractivity contribution >= 4 is 52.3 Å². The first-order valence-corrected chi connectivity index (χ1v) is 8.89. The molecular weight excluding hydrogens is 494 g/mol. The van der Waals surface area contributed by atoms with Crippen molar-refractivity contribution < 1.29 is 18.0 Å². The highest BCUT2D eigenvalue weighted by molar-refractivity contribution is 14.1. The summed E-state index contributed by atoms with van der Waals surface area (Å²) in [5.41, 5.74) is -0.491. The molecule has 2 aromatic rings. The minimum atomic E-state index is -1.23. The Balaban J connectivity index is 0.00000364. The van der Waals surface area contributed by atoms with Crippen LogP contribution in [0.25, 0.3) is 0 Å². The smallest absolute Gasteiger partial charge is 0.255 e. The minimum absolute atomic E-state index is 0. The Hall–Kier alpha value is -1.52. The second kappa shape index (κ2) is 10.1. The third-order valence-corrected chi connectivity index (χ3v) is 4.42. The predicted molar refractivity (Wildman–Crippen MR) is 112 cm³/mol. The van der Waals surface area contributed by atoms with Crippen molar-refractivity contribution in [2.24, 2.45) is 0 Å². The number of likely N-dealkylation sites (N-methyl/N-ethyl adjacent to an activating group) is 2. The van der Waals surface area contributed by atoms with Gasteiger partial charge in [-0.25, -0.2) is 13.2 Å². The third kappa shape index (κ3) is 5.98. The van der Waals surface area contributed by atoms with Gasteiger partial charge in [0, 0.05) is 23.7 Å². The largest absolute Gasteiger partial charge is 0.350 e. The lowest BCUT2D eigenvalue weighted by Crippen LogP contribution is -2.34. The van der Waals surface area contributed by atoms with Gasteiger partial charge in [-0.05, 0) is 67.0 Å². The lowest BCUT2D eigenvalue weighted by Gasteiger charge is -2.22. The fraction of sp³-hybridized carbons (Fsp3) is 0.278. The highest BCUT2D eigenvalue weighted by Gasteiger charge is 2.22. The number of nitrogens with zero attached hydrogens (tertiary/aromatic N) is 2. The first-order valence-electron chi connectivity index (χ1n) is 7.81. The molecule has 2 aromatic carbocycles. The molecule has 0 unspecified atom stereocenters. The molecule has 0 saturated heterocycles. The van der Waals surface area contributed by atoms with E-state index in [0.717, 1.165) is 6.07 Å². The topological polar surface area (TPSA) is 35.6 Å². The van der Waals surface area contributed by atoms with E-state index in [2.05, 4.69) is 5.32 Å². The van der Waals surface area contributed by atoms with Crippen LogP contribution in [0.3, 0.4) is 0 Å². The zero-order valence-electron chi connectivity index (χ0n) is 15.0. The van der Waals surface area contributed by atoms with Gasteiger partial charge in [-0.1, -0.05) is 0 Å².